The van der Waals surface area contributed by atoms with Crippen molar-refractivity contribution >= 4 is 11.9 Å². The minimum atomic E-state index is -0.527. The zero-order valence-electron chi connectivity index (χ0n) is 15.1. The fraction of sp³-hybridized carbons (Fsp3) is 0.389. The number of hydrogen-bond acceptors (Lipinski definition) is 4. The number of urea groups is 1. The third-order valence-electron chi connectivity index (χ3n) is 4.56. The summed E-state index contributed by atoms with van der Waals surface area (Å²) < 4.78 is 5.09. The summed E-state index contributed by atoms with van der Waals surface area (Å²) in [4.78, 5) is 24.5. The predicted molar refractivity (Wildman–Crippen MR) is 95.2 cm³/mol. The summed E-state index contributed by atoms with van der Waals surface area (Å²) in [5.41, 5.74) is 5.00. The molecular weight excluding hydrogens is 334 g/mol. The van der Waals surface area contributed by atoms with Crippen molar-refractivity contribution in [1.29, 1.82) is 0 Å². The minimum absolute atomic E-state index is 0.207. The number of amides is 3. The highest BCUT2D eigenvalue weighted by Gasteiger charge is 2.31. The molecule has 3 heterocycles. The lowest BCUT2D eigenvalue weighted by molar-refractivity contribution is -0.117. The lowest BCUT2D eigenvalue weighted by atomic mass is 9.97. The number of furan rings is 1. The normalized spacial score (nSPS) is 17.0. The second-order valence-electron chi connectivity index (χ2n) is 6.40. The number of carbonyl (C=O) groups is 2. The number of aryl methyl sites for hydroxylation is 2. The van der Waals surface area contributed by atoms with Gasteiger partial charge < -0.3 is 20.4 Å². The Morgan fingerprint density at radius 2 is 2.15 bits per heavy atom. The fourth-order valence-electron chi connectivity index (χ4n) is 3.19. The Balaban J connectivity index is 1.63. The molecule has 4 N–H and O–H groups in total. The fourth-order valence-corrected chi connectivity index (χ4v) is 3.19. The first-order valence-corrected chi connectivity index (χ1v) is 8.56. The molecule has 0 fully saturated rings. The molecule has 1 aliphatic rings. The first-order valence-electron chi connectivity index (χ1n) is 8.56. The molecule has 26 heavy (non-hydrogen) atoms. The van der Waals surface area contributed by atoms with Gasteiger partial charge in [0.05, 0.1) is 29.8 Å². The summed E-state index contributed by atoms with van der Waals surface area (Å²) in [7, 11) is 0. The van der Waals surface area contributed by atoms with Crippen LogP contribution in [0.5, 0.6) is 0 Å². The number of allylic oxidation sites excluding steroid dienone is 1. The van der Waals surface area contributed by atoms with Gasteiger partial charge in [-0.1, -0.05) is 0 Å². The van der Waals surface area contributed by atoms with E-state index in [1.165, 1.54) is 18.1 Å². The number of rotatable bonds is 6. The van der Waals surface area contributed by atoms with Gasteiger partial charge >= 0.3 is 6.03 Å². The quantitative estimate of drug-likeness (QED) is 0.592. The van der Waals surface area contributed by atoms with Gasteiger partial charge in [-0.15, -0.1) is 0 Å². The van der Waals surface area contributed by atoms with Crippen molar-refractivity contribution in [2.24, 2.45) is 0 Å². The van der Waals surface area contributed by atoms with Gasteiger partial charge in [0.25, 0.3) is 5.91 Å². The van der Waals surface area contributed by atoms with Crippen LogP contribution in [0.2, 0.25) is 0 Å². The maximum atomic E-state index is 12.7. The first-order chi connectivity index (χ1) is 12.5. The number of nitrogens with one attached hydrogen (secondary N) is 4. The number of hydrogen-bond donors (Lipinski definition) is 4. The van der Waals surface area contributed by atoms with Gasteiger partial charge in [-0.05, 0) is 45.2 Å². The Kier molecular flexibility index (Phi) is 5.11. The molecule has 0 aromatic carbocycles. The molecule has 8 nitrogen and oxygen atoms in total. The molecule has 0 spiro atoms. The van der Waals surface area contributed by atoms with Gasteiger partial charge in [-0.2, -0.15) is 5.10 Å². The third-order valence-corrected chi connectivity index (χ3v) is 4.56. The maximum absolute atomic E-state index is 12.7. The molecule has 0 aliphatic carbocycles. The van der Waals surface area contributed by atoms with E-state index < -0.39 is 6.04 Å². The van der Waals surface area contributed by atoms with E-state index in [4.69, 9.17) is 4.42 Å². The first kappa shape index (κ1) is 17.8. The van der Waals surface area contributed by atoms with Gasteiger partial charge in [0.15, 0.2) is 0 Å². The van der Waals surface area contributed by atoms with E-state index in [2.05, 4.69) is 26.1 Å². The van der Waals surface area contributed by atoms with Crippen LogP contribution < -0.4 is 16.0 Å². The van der Waals surface area contributed by atoms with Crippen LogP contribution in [0.25, 0.3) is 0 Å². The highest BCUT2D eigenvalue weighted by molar-refractivity contribution is 5.98. The van der Waals surface area contributed by atoms with Gasteiger partial charge in [0.2, 0.25) is 0 Å². The lowest BCUT2D eigenvalue weighted by Gasteiger charge is -2.27. The topological polar surface area (TPSA) is 112 Å². The largest absolute Gasteiger partial charge is 0.472 e. The number of aromatic amines is 1. The van der Waals surface area contributed by atoms with E-state index in [1.807, 2.05) is 13.8 Å². The average molecular weight is 357 g/mol. The monoisotopic (exact) mass is 357 g/mol. The molecule has 0 unspecified atom stereocenters. The highest BCUT2D eigenvalue weighted by atomic mass is 16.3. The molecule has 0 saturated carbocycles. The molecular formula is C18H23N5O3. The van der Waals surface area contributed by atoms with Crippen molar-refractivity contribution in [2.45, 2.75) is 39.7 Å². The zero-order valence-corrected chi connectivity index (χ0v) is 15.1. The average Bonchev–Trinajstić information content (AvgIpc) is 3.22. The maximum Gasteiger partial charge on any atom is 0.319 e. The Labute approximate surface area is 151 Å². The molecule has 2 aromatic heterocycles. The molecule has 0 bridgehead atoms. The SMILES string of the molecule is CC1=C(C(=O)NCCCc2c(C)n[nH]c2C)[C@H](c2ccoc2)NC(=O)N1. The zero-order chi connectivity index (χ0) is 18.7. The third kappa shape index (κ3) is 3.63. The molecule has 3 amide bonds. The van der Waals surface area contributed by atoms with Gasteiger partial charge in [-0.3, -0.25) is 9.89 Å². The van der Waals surface area contributed by atoms with Gasteiger partial charge in [-0.25, -0.2) is 4.79 Å². The standard InChI is InChI=1S/C18H23N5O3/c1-10-14(11(2)23-22-10)5-4-7-19-17(24)15-12(3)20-18(25)21-16(15)13-6-8-26-9-13/h6,8-9,16H,4-5,7H2,1-3H3,(H,19,24)(H,22,23)(H2,20,21,25)/t16-/m0/s1. The summed E-state index contributed by atoms with van der Waals surface area (Å²) in [5, 5.41) is 15.5. The molecule has 2 aromatic rings. The van der Waals surface area contributed by atoms with E-state index in [0.717, 1.165) is 29.8 Å². The van der Waals surface area contributed by atoms with Crippen molar-refractivity contribution < 1.29 is 14.0 Å². The van der Waals surface area contributed by atoms with Crippen LogP contribution in [0.4, 0.5) is 4.79 Å². The summed E-state index contributed by atoms with van der Waals surface area (Å²) >= 11 is 0. The van der Waals surface area contributed by atoms with E-state index in [0.29, 0.717) is 17.8 Å². The molecule has 1 aliphatic heterocycles. The second kappa shape index (κ2) is 7.47. The number of aromatic nitrogens is 2. The predicted octanol–water partition coefficient (Wildman–Crippen LogP) is 2.00. The van der Waals surface area contributed by atoms with E-state index in [1.54, 1.807) is 13.0 Å². The van der Waals surface area contributed by atoms with Crippen LogP contribution >= 0.6 is 0 Å². The number of carbonyl (C=O) groups excluding carboxylic acids is 2. The van der Waals surface area contributed by atoms with Crippen molar-refractivity contribution in [3.63, 3.8) is 0 Å². The smallest absolute Gasteiger partial charge is 0.319 e. The van der Waals surface area contributed by atoms with Crippen molar-refractivity contribution in [3.05, 3.63) is 52.4 Å². The minimum Gasteiger partial charge on any atom is -0.472 e. The van der Waals surface area contributed by atoms with Crippen LogP contribution in [0, 0.1) is 13.8 Å². The highest BCUT2D eigenvalue weighted by Crippen LogP contribution is 2.26. The van der Waals surface area contributed by atoms with E-state index in [9.17, 15) is 9.59 Å². The Morgan fingerprint density at radius 3 is 2.81 bits per heavy atom. The summed E-state index contributed by atoms with van der Waals surface area (Å²) in [6.07, 6.45) is 4.69. The van der Waals surface area contributed by atoms with Gasteiger partial charge in [0, 0.05) is 23.5 Å². The Morgan fingerprint density at radius 1 is 1.35 bits per heavy atom. The molecule has 3 rings (SSSR count). The Hall–Kier alpha value is -3.03. The van der Waals surface area contributed by atoms with Crippen molar-refractivity contribution in [1.82, 2.24) is 26.1 Å². The van der Waals surface area contributed by atoms with Crippen molar-refractivity contribution in [3.8, 4) is 0 Å². The summed E-state index contributed by atoms with van der Waals surface area (Å²) in [5.74, 6) is -0.207. The van der Waals surface area contributed by atoms with Crippen molar-refractivity contribution in [2.75, 3.05) is 6.54 Å². The molecule has 0 radical (unpaired) electrons. The lowest BCUT2D eigenvalue weighted by Crippen LogP contribution is -2.47. The van der Waals surface area contributed by atoms with E-state index >= 15 is 0 Å². The molecule has 138 valence electrons. The summed E-state index contributed by atoms with van der Waals surface area (Å²) in [6, 6.07) is 0.874. The molecule has 1 atom stereocenters. The van der Waals surface area contributed by atoms with Crippen LogP contribution in [-0.2, 0) is 11.2 Å². The number of H-pyrrole nitrogens is 1. The second-order valence-corrected chi connectivity index (χ2v) is 6.40. The van der Waals surface area contributed by atoms with Crippen LogP contribution in [0.1, 0.15) is 41.9 Å². The molecule has 8 heteroatoms. The Bertz CT molecular complexity index is 816. The van der Waals surface area contributed by atoms with Crippen LogP contribution in [0.15, 0.2) is 34.3 Å². The summed E-state index contributed by atoms with van der Waals surface area (Å²) in [6.45, 7) is 6.22. The molecule has 0 saturated heterocycles. The van der Waals surface area contributed by atoms with Crippen LogP contribution in [0.3, 0.4) is 0 Å². The van der Waals surface area contributed by atoms with Gasteiger partial charge in [0.1, 0.15) is 0 Å². The van der Waals surface area contributed by atoms with E-state index in [-0.39, 0.29) is 11.9 Å². The number of nitrogens with zero attached hydrogens (tertiary/aromatic N) is 1. The van der Waals surface area contributed by atoms with Crippen LogP contribution in [-0.4, -0.2) is 28.7 Å².